The van der Waals surface area contributed by atoms with E-state index in [0.29, 0.717) is 32.3 Å². The minimum absolute atomic E-state index is 0.170. The van der Waals surface area contributed by atoms with Crippen molar-refractivity contribution in [3.63, 3.8) is 0 Å². The van der Waals surface area contributed by atoms with Crippen molar-refractivity contribution in [3.05, 3.63) is 0 Å². The van der Waals surface area contributed by atoms with E-state index in [1.165, 1.54) is 0 Å². The van der Waals surface area contributed by atoms with Gasteiger partial charge in [0.1, 0.15) is 5.78 Å². The third kappa shape index (κ3) is 9.69. The van der Waals surface area contributed by atoms with Crippen molar-refractivity contribution in [2.24, 2.45) is 0 Å². The summed E-state index contributed by atoms with van der Waals surface area (Å²) in [5, 5.41) is 0. The molecule has 3 heteroatoms. The zero-order valence-corrected chi connectivity index (χ0v) is 10.6. The van der Waals surface area contributed by atoms with Crippen LogP contribution in [0, 0.1) is 0 Å². The van der Waals surface area contributed by atoms with Gasteiger partial charge in [0.15, 0.2) is 0 Å². The van der Waals surface area contributed by atoms with Crippen LogP contribution in [0.2, 0.25) is 0 Å². The molecule has 0 aromatic rings. The van der Waals surface area contributed by atoms with Gasteiger partial charge in [0.2, 0.25) is 0 Å². The highest BCUT2D eigenvalue weighted by molar-refractivity contribution is 5.79. The van der Waals surface area contributed by atoms with Crippen LogP contribution in [0.5, 0.6) is 0 Å². The maximum Gasteiger partial charge on any atom is 0.305 e. The normalized spacial score (nSPS) is 10.1. The molecule has 0 bridgehead atoms. The van der Waals surface area contributed by atoms with Crippen molar-refractivity contribution in [3.8, 4) is 0 Å². The maximum absolute atomic E-state index is 11.3. The predicted molar refractivity (Wildman–Crippen MR) is 64.3 cm³/mol. The van der Waals surface area contributed by atoms with Crippen molar-refractivity contribution < 1.29 is 14.3 Å². The molecule has 0 unspecified atom stereocenters. The standard InChI is InChI=1S/C13H24O3/c1-3-5-8-12(14)9-7-10-13(15)16-11-6-4-2/h3-11H2,1-2H3. The molecule has 0 aromatic carbocycles. The first-order valence-electron chi connectivity index (χ1n) is 6.38. The number of Topliss-reactive ketones (excluding diaryl/α,β-unsaturated/α-hetero) is 1. The first-order chi connectivity index (χ1) is 7.70. The molecule has 0 atom stereocenters. The lowest BCUT2D eigenvalue weighted by Gasteiger charge is -2.03. The minimum Gasteiger partial charge on any atom is -0.466 e. The Balaban J connectivity index is 3.36. The number of ketones is 1. The molecule has 0 radical (unpaired) electrons. The van der Waals surface area contributed by atoms with Gasteiger partial charge in [-0.3, -0.25) is 9.59 Å². The summed E-state index contributed by atoms with van der Waals surface area (Å²) in [6, 6.07) is 0. The summed E-state index contributed by atoms with van der Waals surface area (Å²) >= 11 is 0. The Labute approximate surface area is 98.6 Å². The molecular formula is C13H24O3. The maximum atomic E-state index is 11.3. The van der Waals surface area contributed by atoms with Crippen LogP contribution >= 0.6 is 0 Å². The summed E-state index contributed by atoms with van der Waals surface area (Å²) < 4.78 is 5.00. The Hall–Kier alpha value is -0.860. The minimum atomic E-state index is -0.170. The highest BCUT2D eigenvalue weighted by Crippen LogP contribution is 2.04. The number of esters is 1. The van der Waals surface area contributed by atoms with E-state index in [9.17, 15) is 9.59 Å². The summed E-state index contributed by atoms with van der Waals surface area (Å²) in [6.45, 7) is 4.64. The number of carbonyl (C=O) groups is 2. The third-order valence-electron chi connectivity index (χ3n) is 2.41. The quantitative estimate of drug-likeness (QED) is 0.426. The van der Waals surface area contributed by atoms with E-state index in [1.807, 2.05) is 0 Å². The van der Waals surface area contributed by atoms with E-state index < -0.39 is 0 Å². The second-order valence-corrected chi connectivity index (χ2v) is 4.07. The Morgan fingerprint density at radius 3 is 2.12 bits per heavy atom. The van der Waals surface area contributed by atoms with Crippen molar-refractivity contribution in [1.29, 1.82) is 0 Å². The number of unbranched alkanes of at least 4 members (excludes halogenated alkanes) is 2. The molecule has 3 nitrogen and oxygen atoms in total. The summed E-state index contributed by atoms with van der Waals surface area (Å²) in [7, 11) is 0. The van der Waals surface area contributed by atoms with Gasteiger partial charge >= 0.3 is 5.97 Å². The number of ether oxygens (including phenoxy) is 1. The van der Waals surface area contributed by atoms with Gasteiger partial charge in [-0.25, -0.2) is 0 Å². The Morgan fingerprint density at radius 2 is 1.50 bits per heavy atom. The monoisotopic (exact) mass is 228 g/mol. The molecule has 16 heavy (non-hydrogen) atoms. The molecule has 0 fully saturated rings. The largest absolute Gasteiger partial charge is 0.466 e. The van der Waals surface area contributed by atoms with E-state index in [-0.39, 0.29) is 11.8 Å². The average molecular weight is 228 g/mol. The molecule has 0 amide bonds. The van der Waals surface area contributed by atoms with Gasteiger partial charge in [-0.1, -0.05) is 26.7 Å². The van der Waals surface area contributed by atoms with E-state index >= 15 is 0 Å². The first-order valence-corrected chi connectivity index (χ1v) is 6.38. The predicted octanol–water partition coefficient (Wildman–Crippen LogP) is 3.26. The lowest BCUT2D eigenvalue weighted by molar-refractivity contribution is -0.143. The van der Waals surface area contributed by atoms with Crippen LogP contribution in [0.4, 0.5) is 0 Å². The molecular weight excluding hydrogens is 204 g/mol. The Bertz CT molecular complexity index is 199. The molecule has 0 saturated carbocycles. The van der Waals surface area contributed by atoms with Gasteiger partial charge in [-0.2, -0.15) is 0 Å². The van der Waals surface area contributed by atoms with Crippen molar-refractivity contribution in [2.45, 2.75) is 65.2 Å². The summed E-state index contributed by atoms with van der Waals surface area (Å²) in [6.07, 6.45) is 6.13. The van der Waals surface area contributed by atoms with E-state index in [0.717, 1.165) is 25.7 Å². The summed E-state index contributed by atoms with van der Waals surface area (Å²) in [5.41, 5.74) is 0. The molecule has 0 aliphatic heterocycles. The van der Waals surface area contributed by atoms with Crippen LogP contribution in [0.25, 0.3) is 0 Å². The number of rotatable bonds is 10. The second-order valence-electron chi connectivity index (χ2n) is 4.07. The van der Waals surface area contributed by atoms with Gasteiger partial charge in [0.25, 0.3) is 0 Å². The Morgan fingerprint density at radius 1 is 0.875 bits per heavy atom. The molecule has 0 heterocycles. The van der Waals surface area contributed by atoms with Gasteiger partial charge in [-0.05, 0) is 19.3 Å². The number of hydrogen-bond donors (Lipinski definition) is 0. The molecule has 0 spiro atoms. The lowest BCUT2D eigenvalue weighted by Crippen LogP contribution is -2.07. The second kappa shape index (κ2) is 10.7. The fraction of sp³-hybridized carbons (Fsp3) is 0.846. The van der Waals surface area contributed by atoms with Crippen LogP contribution < -0.4 is 0 Å². The topological polar surface area (TPSA) is 43.4 Å². The molecule has 0 rings (SSSR count). The molecule has 0 aromatic heterocycles. The first kappa shape index (κ1) is 15.1. The fourth-order valence-corrected chi connectivity index (χ4v) is 1.33. The van der Waals surface area contributed by atoms with E-state index in [1.54, 1.807) is 0 Å². The molecule has 0 saturated heterocycles. The molecule has 0 N–H and O–H groups in total. The van der Waals surface area contributed by atoms with Crippen molar-refractivity contribution >= 4 is 11.8 Å². The Kier molecular flexibility index (Phi) is 10.1. The molecule has 0 aliphatic rings. The third-order valence-corrected chi connectivity index (χ3v) is 2.41. The van der Waals surface area contributed by atoms with E-state index in [2.05, 4.69) is 13.8 Å². The van der Waals surface area contributed by atoms with Crippen LogP contribution in [-0.4, -0.2) is 18.4 Å². The SMILES string of the molecule is CCCCOC(=O)CCCC(=O)CCCC. The van der Waals surface area contributed by atoms with Gasteiger partial charge in [-0.15, -0.1) is 0 Å². The zero-order valence-electron chi connectivity index (χ0n) is 10.6. The smallest absolute Gasteiger partial charge is 0.305 e. The summed E-state index contributed by atoms with van der Waals surface area (Å²) in [4.78, 5) is 22.5. The molecule has 94 valence electrons. The van der Waals surface area contributed by atoms with Crippen LogP contribution in [0.3, 0.4) is 0 Å². The number of carbonyl (C=O) groups excluding carboxylic acids is 2. The van der Waals surface area contributed by atoms with E-state index in [4.69, 9.17) is 4.74 Å². The van der Waals surface area contributed by atoms with Gasteiger partial charge < -0.3 is 4.74 Å². The van der Waals surface area contributed by atoms with Crippen molar-refractivity contribution in [1.82, 2.24) is 0 Å². The average Bonchev–Trinajstić information content (AvgIpc) is 2.26. The van der Waals surface area contributed by atoms with Crippen LogP contribution in [0.1, 0.15) is 65.2 Å². The van der Waals surface area contributed by atoms with Crippen molar-refractivity contribution in [2.75, 3.05) is 6.61 Å². The summed E-state index contributed by atoms with van der Waals surface area (Å²) in [5.74, 6) is 0.0972. The van der Waals surface area contributed by atoms with Gasteiger partial charge in [0, 0.05) is 19.3 Å². The number of hydrogen-bond acceptors (Lipinski definition) is 3. The highest BCUT2D eigenvalue weighted by Gasteiger charge is 2.05. The van der Waals surface area contributed by atoms with Crippen LogP contribution in [0.15, 0.2) is 0 Å². The lowest BCUT2D eigenvalue weighted by atomic mass is 10.1. The zero-order chi connectivity index (χ0) is 12.2. The molecule has 0 aliphatic carbocycles. The van der Waals surface area contributed by atoms with Gasteiger partial charge in [0.05, 0.1) is 6.61 Å². The fourth-order valence-electron chi connectivity index (χ4n) is 1.33. The van der Waals surface area contributed by atoms with Crippen LogP contribution in [-0.2, 0) is 14.3 Å². The highest BCUT2D eigenvalue weighted by atomic mass is 16.5.